The Morgan fingerprint density at radius 2 is 2.09 bits per heavy atom. The molecule has 0 unspecified atom stereocenters. The second kappa shape index (κ2) is 7.19. The first kappa shape index (κ1) is 15.4. The summed E-state index contributed by atoms with van der Waals surface area (Å²) >= 11 is 6.54. The third kappa shape index (κ3) is 3.30. The van der Waals surface area contributed by atoms with Crippen LogP contribution >= 0.6 is 11.6 Å². The van der Waals surface area contributed by atoms with Crippen molar-refractivity contribution in [3.63, 3.8) is 0 Å². The normalized spacial score (nSPS) is 22.1. The number of nitrogens with one attached hydrogen (secondary N) is 2. The molecular weight excluding hydrogens is 294 g/mol. The van der Waals surface area contributed by atoms with Gasteiger partial charge >= 0.3 is 0 Å². The molecule has 2 aliphatic rings. The molecule has 1 aliphatic carbocycles. The lowest BCUT2D eigenvalue weighted by Crippen LogP contribution is -2.23. The molecule has 1 aromatic rings. The van der Waals surface area contributed by atoms with Gasteiger partial charge in [-0.1, -0.05) is 44.2 Å². The fraction of sp³-hybridized carbons (Fsp3) is 0.500. The van der Waals surface area contributed by atoms with E-state index in [1.165, 1.54) is 38.5 Å². The average Bonchev–Trinajstić information content (AvgIpc) is 3.06. The summed E-state index contributed by atoms with van der Waals surface area (Å²) in [7, 11) is 0. The topological polar surface area (TPSA) is 40.2 Å². The summed E-state index contributed by atoms with van der Waals surface area (Å²) in [4.78, 5) is 7.94. The van der Waals surface area contributed by atoms with Gasteiger partial charge in [-0.3, -0.25) is 0 Å². The standard InChI is InChI=1S/C18H24ClN3/c1-2-14-16(12-21-13-8-5-3-4-6-9-13)22-18(17(14)19)15-10-7-11-20-15/h7,10-13,20-21H,2-6,8-9H2,1H3. The van der Waals surface area contributed by atoms with Gasteiger partial charge in [-0.15, -0.1) is 0 Å². The Labute approximate surface area is 137 Å². The predicted octanol–water partition coefficient (Wildman–Crippen LogP) is 4.87. The zero-order chi connectivity index (χ0) is 15.4. The molecule has 0 aromatic carbocycles. The van der Waals surface area contributed by atoms with E-state index in [9.17, 15) is 0 Å². The van der Waals surface area contributed by atoms with E-state index in [0.717, 1.165) is 34.1 Å². The second-order valence-electron chi connectivity index (χ2n) is 6.08. The number of hydrogen-bond donors (Lipinski definition) is 2. The number of rotatable bonds is 4. The van der Waals surface area contributed by atoms with Crippen LogP contribution in [0, 0.1) is 0 Å². The zero-order valence-electron chi connectivity index (χ0n) is 13.2. The second-order valence-corrected chi connectivity index (χ2v) is 6.45. The molecule has 1 fully saturated rings. The lowest BCUT2D eigenvalue weighted by Gasteiger charge is -2.14. The largest absolute Gasteiger partial charge is 0.386 e. The van der Waals surface area contributed by atoms with Gasteiger partial charge in [0, 0.05) is 18.4 Å². The smallest absolute Gasteiger partial charge is 0.106 e. The van der Waals surface area contributed by atoms with E-state index in [1.54, 1.807) is 0 Å². The maximum absolute atomic E-state index is 6.54. The third-order valence-electron chi connectivity index (χ3n) is 4.53. The summed E-state index contributed by atoms with van der Waals surface area (Å²) in [6.45, 7) is 2.13. The number of hydrogen-bond acceptors (Lipinski definition) is 2. The molecular formula is C18H24ClN3. The van der Waals surface area contributed by atoms with Gasteiger partial charge in [0.2, 0.25) is 0 Å². The van der Waals surface area contributed by atoms with Gasteiger partial charge < -0.3 is 10.3 Å². The van der Waals surface area contributed by atoms with Crippen LogP contribution < -0.4 is 5.32 Å². The van der Waals surface area contributed by atoms with Crippen molar-refractivity contribution in [3.8, 4) is 0 Å². The van der Waals surface area contributed by atoms with Crippen molar-refractivity contribution in [2.75, 3.05) is 0 Å². The van der Waals surface area contributed by atoms with Crippen LogP contribution in [-0.4, -0.2) is 16.7 Å². The van der Waals surface area contributed by atoms with E-state index < -0.39 is 0 Å². The molecule has 0 bridgehead atoms. The van der Waals surface area contributed by atoms with Crippen LogP contribution in [0.25, 0.3) is 0 Å². The van der Waals surface area contributed by atoms with Crippen molar-refractivity contribution in [1.82, 2.24) is 10.3 Å². The van der Waals surface area contributed by atoms with Crippen molar-refractivity contribution in [2.24, 2.45) is 4.99 Å². The van der Waals surface area contributed by atoms with E-state index in [-0.39, 0.29) is 0 Å². The first-order valence-electron chi connectivity index (χ1n) is 8.37. The molecule has 0 saturated heterocycles. The Morgan fingerprint density at radius 1 is 1.32 bits per heavy atom. The predicted molar refractivity (Wildman–Crippen MR) is 93.2 cm³/mol. The number of aromatic nitrogens is 1. The van der Waals surface area contributed by atoms with E-state index in [2.05, 4.69) is 23.4 Å². The summed E-state index contributed by atoms with van der Waals surface area (Å²) in [5.41, 5.74) is 3.96. The Morgan fingerprint density at radius 3 is 2.73 bits per heavy atom. The monoisotopic (exact) mass is 317 g/mol. The Balaban J connectivity index is 1.78. The molecule has 4 heteroatoms. The molecule has 1 saturated carbocycles. The summed E-state index contributed by atoms with van der Waals surface area (Å²) in [5, 5.41) is 4.36. The number of aromatic amines is 1. The van der Waals surface area contributed by atoms with Gasteiger partial charge in [-0.05, 0) is 37.0 Å². The fourth-order valence-electron chi connectivity index (χ4n) is 3.25. The van der Waals surface area contributed by atoms with Crippen molar-refractivity contribution >= 4 is 17.3 Å². The molecule has 0 atom stereocenters. The highest BCUT2D eigenvalue weighted by molar-refractivity contribution is 6.47. The van der Waals surface area contributed by atoms with Crippen LogP contribution in [0.3, 0.4) is 0 Å². The van der Waals surface area contributed by atoms with Crippen molar-refractivity contribution in [1.29, 1.82) is 0 Å². The molecule has 118 valence electrons. The van der Waals surface area contributed by atoms with E-state index in [4.69, 9.17) is 16.6 Å². The van der Waals surface area contributed by atoms with Gasteiger partial charge in [0.05, 0.1) is 16.4 Å². The van der Waals surface area contributed by atoms with Crippen LogP contribution in [0.2, 0.25) is 0 Å². The maximum atomic E-state index is 6.54. The highest BCUT2D eigenvalue weighted by Gasteiger charge is 2.23. The Bertz CT molecular complexity index is 588. The third-order valence-corrected chi connectivity index (χ3v) is 4.94. The molecule has 0 amide bonds. The zero-order valence-corrected chi connectivity index (χ0v) is 13.9. The number of aliphatic imine (C=N–C) groups is 1. The van der Waals surface area contributed by atoms with Crippen LogP contribution in [0.15, 0.2) is 45.8 Å². The van der Waals surface area contributed by atoms with Crippen LogP contribution in [0.5, 0.6) is 0 Å². The van der Waals surface area contributed by atoms with E-state index in [0.29, 0.717) is 6.04 Å². The maximum Gasteiger partial charge on any atom is 0.106 e. The minimum absolute atomic E-state index is 0.580. The molecule has 0 spiro atoms. The first-order chi connectivity index (χ1) is 10.8. The summed E-state index contributed by atoms with van der Waals surface area (Å²) < 4.78 is 0. The van der Waals surface area contributed by atoms with Gasteiger partial charge in [0.1, 0.15) is 5.71 Å². The van der Waals surface area contributed by atoms with Gasteiger partial charge in [0.25, 0.3) is 0 Å². The van der Waals surface area contributed by atoms with Crippen molar-refractivity contribution in [3.05, 3.63) is 46.5 Å². The quantitative estimate of drug-likeness (QED) is 0.764. The van der Waals surface area contributed by atoms with Crippen LogP contribution in [0.1, 0.15) is 57.6 Å². The lowest BCUT2D eigenvalue weighted by atomic mass is 10.1. The number of nitrogens with zero attached hydrogens (tertiary/aromatic N) is 1. The molecule has 3 rings (SSSR count). The Kier molecular flexibility index (Phi) is 5.04. The molecule has 1 aromatic heterocycles. The van der Waals surface area contributed by atoms with Gasteiger partial charge in [-0.25, -0.2) is 4.99 Å². The number of halogens is 1. The van der Waals surface area contributed by atoms with Gasteiger partial charge in [-0.2, -0.15) is 0 Å². The van der Waals surface area contributed by atoms with Crippen LogP contribution in [0.4, 0.5) is 0 Å². The van der Waals surface area contributed by atoms with Crippen molar-refractivity contribution < 1.29 is 0 Å². The first-order valence-corrected chi connectivity index (χ1v) is 8.75. The van der Waals surface area contributed by atoms with E-state index >= 15 is 0 Å². The van der Waals surface area contributed by atoms with Crippen molar-refractivity contribution in [2.45, 2.75) is 57.9 Å². The molecule has 0 radical (unpaired) electrons. The minimum Gasteiger partial charge on any atom is -0.386 e. The molecule has 2 heterocycles. The lowest BCUT2D eigenvalue weighted by molar-refractivity contribution is 0.515. The Hall–Kier alpha value is -1.48. The highest BCUT2D eigenvalue weighted by Crippen LogP contribution is 2.32. The fourth-order valence-corrected chi connectivity index (χ4v) is 3.62. The molecule has 3 nitrogen and oxygen atoms in total. The average molecular weight is 318 g/mol. The molecule has 22 heavy (non-hydrogen) atoms. The summed E-state index contributed by atoms with van der Waals surface area (Å²) in [6.07, 6.45) is 12.8. The minimum atomic E-state index is 0.580. The number of allylic oxidation sites excluding steroid dienone is 2. The molecule has 2 N–H and O–H groups in total. The number of H-pyrrole nitrogens is 1. The highest BCUT2D eigenvalue weighted by atomic mass is 35.5. The SMILES string of the molecule is CCC1=C(Cl)C(c2ccc[nH]2)=NC1=CNC1CCCCCC1. The molecule has 1 aliphatic heterocycles. The van der Waals surface area contributed by atoms with Crippen LogP contribution in [-0.2, 0) is 0 Å². The van der Waals surface area contributed by atoms with E-state index in [1.807, 2.05) is 18.3 Å². The van der Waals surface area contributed by atoms with Gasteiger partial charge in [0.15, 0.2) is 0 Å². The summed E-state index contributed by atoms with van der Waals surface area (Å²) in [6, 6.07) is 4.56. The summed E-state index contributed by atoms with van der Waals surface area (Å²) in [5.74, 6) is 0.